The number of halogens is 2. The quantitative estimate of drug-likeness (QED) is 0.889. The van der Waals surface area contributed by atoms with Crippen LogP contribution in [0.1, 0.15) is 38.2 Å². The molecule has 0 bridgehead atoms. The van der Waals surface area contributed by atoms with Gasteiger partial charge >= 0.3 is 0 Å². The van der Waals surface area contributed by atoms with Gasteiger partial charge in [0.1, 0.15) is 0 Å². The smallest absolute Gasteiger partial charge is 0.237 e. The van der Waals surface area contributed by atoms with Crippen molar-refractivity contribution in [3.8, 4) is 0 Å². The number of nitrogens with one attached hydrogen (secondary N) is 1. The highest BCUT2D eigenvalue weighted by molar-refractivity contribution is 6.35. The Balaban J connectivity index is 1.91. The fourth-order valence-electron chi connectivity index (χ4n) is 2.65. The number of carbonyl (C=O) groups is 1. The number of carbonyl (C=O) groups excluding carboxylic acids is 1. The molecule has 1 aromatic carbocycles. The number of likely N-dealkylation sites (N-methyl/N-ethyl adjacent to an activating group) is 1. The lowest BCUT2D eigenvalue weighted by atomic mass is 10.1. The van der Waals surface area contributed by atoms with Crippen molar-refractivity contribution < 1.29 is 4.79 Å². The fourth-order valence-corrected chi connectivity index (χ4v) is 3.12. The van der Waals surface area contributed by atoms with Crippen molar-refractivity contribution in [3.63, 3.8) is 0 Å². The molecular formula is C16H22Cl2N2O. The lowest BCUT2D eigenvalue weighted by molar-refractivity contribution is -0.126. The van der Waals surface area contributed by atoms with E-state index in [-0.39, 0.29) is 11.9 Å². The minimum atomic E-state index is -0.183. The van der Waals surface area contributed by atoms with Crippen LogP contribution in [0, 0.1) is 0 Å². The third-order valence-electron chi connectivity index (χ3n) is 4.18. The molecule has 1 amide bonds. The highest BCUT2D eigenvalue weighted by Crippen LogP contribution is 2.23. The van der Waals surface area contributed by atoms with Gasteiger partial charge in [0.05, 0.1) is 6.04 Å². The van der Waals surface area contributed by atoms with E-state index in [2.05, 4.69) is 5.32 Å². The molecule has 0 aliphatic heterocycles. The van der Waals surface area contributed by atoms with Gasteiger partial charge in [-0.05, 0) is 44.5 Å². The molecule has 116 valence electrons. The van der Waals surface area contributed by atoms with E-state index < -0.39 is 0 Å². The standard InChI is InChI=1S/C16H22Cl2N2O/c1-11(16(21)19-14-5-3-4-6-14)20(2)10-12-7-8-13(17)9-15(12)18/h7-9,11,14H,3-6,10H2,1-2H3,(H,19,21). The molecule has 1 saturated carbocycles. The van der Waals surface area contributed by atoms with Crippen molar-refractivity contribution in [1.29, 1.82) is 0 Å². The van der Waals surface area contributed by atoms with Crippen molar-refractivity contribution in [3.05, 3.63) is 33.8 Å². The zero-order valence-electron chi connectivity index (χ0n) is 12.5. The SMILES string of the molecule is CC(C(=O)NC1CCCC1)N(C)Cc1ccc(Cl)cc1Cl. The Labute approximate surface area is 136 Å². The Morgan fingerprint density at radius 1 is 1.38 bits per heavy atom. The Morgan fingerprint density at radius 2 is 2.05 bits per heavy atom. The maximum absolute atomic E-state index is 12.3. The number of hydrogen-bond donors (Lipinski definition) is 1. The van der Waals surface area contributed by atoms with E-state index in [0.717, 1.165) is 18.4 Å². The maximum Gasteiger partial charge on any atom is 0.237 e. The topological polar surface area (TPSA) is 32.3 Å². The largest absolute Gasteiger partial charge is 0.352 e. The molecule has 0 saturated heterocycles. The van der Waals surface area contributed by atoms with Crippen LogP contribution in [-0.4, -0.2) is 29.9 Å². The zero-order chi connectivity index (χ0) is 15.4. The molecule has 3 nitrogen and oxygen atoms in total. The van der Waals surface area contributed by atoms with E-state index >= 15 is 0 Å². The molecule has 0 aromatic heterocycles. The average molecular weight is 329 g/mol. The molecule has 1 aliphatic rings. The first-order valence-corrected chi connectivity index (χ1v) is 8.17. The molecule has 1 fully saturated rings. The van der Waals surface area contributed by atoms with Crippen LogP contribution in [0.5, 0.6) is 0 Å². The number of rotatable bonds is 5. The molecule has 1 aromatic rings. The molecule has 1 unspecified atom stereocenters. The summed E-state index contributed by atoms with van der Waals surface area (Å²) < 4.78 is 0. The summed E-state index contributed by atoms with van der Waals surface area (Å²) in [4.78, 5) is 14.3. The van der Waals surface area contributed by atoms with Crippen LogP contribution in [0.25, 0.3) is 0 Å². The van der Waals surface area contributed by atoms with E-state index in [1.807, 2.05) is 31.0 Å². The number of amides is 1. The first kappa shape index (κ1) is 16.6. The molecule has 1 aliphatic carbocycles. The van der Waals surface area contributed by atoms with Crippen LogP contribution in [0.4, 0.5) is 0 Å². The van der Waals surface area contributed by atoms with Crippen LogP contribution in [0.15, 0.2) is 18.2 Å². The summed E-state index contributed by atoms with van der Waals surface area (Å²) in [5.41, 5.74) is 0.976. The third-order valence-corrected chi connectivity index (χ3v) is 4.76. The van der Waals surface area contributed by atoms with E-state index in [1.54, 1.807) is 6.07 Å². The average Bonchev–Trinajstić information content (AvgIpc) is 2.93. The van der Waals surface area contributed by atoms with Gasteiger partial charge in [-0.3, -0.25) is 9.69 Å². The normalized spacial score (nSPS) is 17.2. The predicted molar refractivity (Wildman–Crippen MR) is 87.8 cm³/mol. The highest BCUT2D eigenvalue weighted by atomic mass is 35.5. The van der Waals surface area contributed by atoms with Gasteiger partial charge in [0.25, 0.3) is 0 Å². The first-order valence-electron chi connectivity index (χ1n) is 7.42. The van der Waals surface area contributed by atoms with E-state index in [1.165, 1.54) is 12.8 Å². The number of nitrogens with zero attached hydrogens (tertiary/aromatic N) is 1. The van der Waals surface area contributed by atoms with Crippen LogP contribution in [0.3, 0.4) is 0 Å². The van der Waals surface area contributed by atoms with Crippen molar-refractivity contribution in [2.45, 2.75) is 51.2 Å². The van der Waals surface area contributed by atoms with E-state index in [0.29, 0.717) is 22.6 Å². The van der Waals surface area contributed by atoms with E-state index in [9.17, 15) is 4.79 Å². The van der Waals surface area contributed by atoms with Gasteiger partial charge in [0.2, 0.25) is 5.91 Å². The van der Waals surface area contributed by atoms with Crippen molar-refractivity contribution in [2.75, 3.05) is 7.05 Å². The highest BCUT2D eigenvalue weighted by Gasteiger charge is 2.23. The summed E-state index contributed by atoms with van der Waals surface area (Å²) in [6.07, 6.45) is 4.64. The molecular weight excluding hydrogens is 307 g/mol. The van der Waals surface area contributed by atoms with Crippen molar-refractivity contribution >= 4 is 29.1 Å². The van der Waals surface area contributed by atoms with E-state index in [4.69, 9.17) is 23.2 Å². The summed E-state index contributed by atoms with van der Waals surface area (Å²) in [7, 11) is 1.93. The summed E-state index contributed by atoms with van der Waals surface area (Å²) in [6.45, 7) is 2.55. The fraction of sp³-hybridized carbons (Fsp3) is 0.562. The Morgan fingerprint density at radius 3 is 2.67 bits per heavy atom. The molecule has 1 atom stereocenters. The van der Waals surface area contributed by atoms with Crippen LogP contribution >= 0.6 is 23.2 Å². The minimum Gasteiger partial charge on any atom is -0.352 e. The Hall–Kier alpha value is -0.770. The molecule has 1 N–H and O–H groups in total. The summed E-state index contributed by atoms with van der Waals surface area (Å²) >= 11 is 12.1. The molecule has 5 heteroatoms. The van der Waals surface area contributed by atoms with Crippen LogP contribution in [-0.2, 0) is 11.3 Å². The van der Waals surface area contributed by atoms with Gasteiger partial charge in [-0.15, -0.1) is 0 Å². The Bertz CT molecular complexity index is 501. The molecule has 0 heterocycles. The summed E-state index contributed by atoms with van der Waals surface area (Å²) in [6, 6.07) is 5.63. The zero-order valence-corrected chi connectivity index (χ0v) is 14.0. The minimum absolute atomic E-state index is 0.0921. The third kappa shape index (κ3) is 4.60. The maximum atomic E-state index is 12.3. The molecule has 0 spiro atoms. The predicted octanol–water partition coefficient (Wildman–Crippen LogP) is 3.87. The molecule has 2 rings (SSSR count). The molecule has 21 heavy (non-hydrogen) atoms. The van der Waals surface area contributed by atoms with Gasteiger partial charge < -0.3 is 5.32 Å². The monoisotopic (exact) mass is 328 g/mol. The lowest BCUT2D eigenvalue weighted by Crippen LogP contribution is -2.46. The molecule has 0 radical (unpaired) electrons. The second-order valence-electron chi connectivity index (χ2n) is 5.82. The second-order valence-corrected chi connectivity index (χ2v) is 6.66. The number of benzene rings is 1. The van der Waals surface area contributed by atoms with Crippen molar-refractivity contribution in [2.24, 2.45) is 0 Å². The summed E-state index contributed by atoms with van der Waals surface area (Å²) in [5.74, 6) is 0.0921. The first-order chi connectivity index (χ1) is 9.97. The van der Waals surface area contributed by atoms with Gasteiger partial charge in [0, 0.05) is 22.6 Å². The van der Waals surface area contributed by atoms with Crippen LogP contribution in [0.2, 0.25) is 10.0 Å². The lowest BCUT2D eigenvalue weighted by Gasteiger charge is -2.25. The van der Waals surface area contributed by atoms with Gasteiger partial charge in [0.15, 0.2) is 0 Å². The summed E-state index contributed by atoms with van der Waals surface area (Å²) in [5, 5.41) is 4.39. The van der Waals surface area contributed by atoms with Gasteiger partial charge in [-0.1, -0.05) is 42.1 Å². The van der Waals surface area contributed by atoms with Crippen molar-refractivity contribution in [1.82, 2.24) is 10.2 Å². The van der Waals surface area contributed by atoms with Crippen LogP contribution < -0.4 is 5.32 Å². The second kappa shape index (κ2) is 7.48. The number of hydrogen-bond acceptors (Lipinski definition) is 2. The van der Waals surface area contributed by atoms with Gasteiger partial charge in [-0.2, -0.15) is 0 Å². The van der Waals surface area contributed by atoms with Gasteiger partial charge in [-0.25, -0.2) is 0 Å². The Kier molecular flexibility index (Phi) is 5.91.